The van der Waals surface area contributed by atoms with Crippen molar-refractivity contribution in [2.45, 2.75) is 6.10 Å². The normalized spacial score (nSPS) is 13.1. The molecule has 2 heterocycles. The van der Waals surface area contributed by atoms with Crippen molar-refractivity contribution in [1.82, 2.24) is 15.0 Å². The molecule has 1 atom stereocenters. The summed E-state index contributed by atoms with van der Waals surface area (Å²) in [6.45, 7) is 0. The molecule has 80 valence electrons. The third-order valence-corrected chi connectivity index (χ3v) is 3.67. The Hall–Kier alpha value is -0.660. The first-order valence-corrected chi connectivity index (χ1v) is 5.65. The van der Waals surface area contributed by atoms with Gasteiger partial charge in [0.15, 0.2) is 10.8 Å². The highest BCUT2D eigenvalue weighted by Gasteiger charge is 2.20. The SMILES string of the molecule is Cn1nncc1C(O)c1cc(Br)c(Br)o1. The zero-order chi connectivity index (χ0) is 11.0. The fourth-order valence-electron chi connectivity index (χ4n) is 1.19. The number of aryl methyl sites for hydroxylation is 1. The van der Waals surface area contributed by atoms with Gasteiger partial charge in [0.25, 0.3) is 0 Å². The second-order valence-corrected chi connectivity index (χ2v) is 4.53. The highest BCUT2D eigenvalue weighted by molar-refractivity contribution is 9.13. The minimum atomic E-state index is -0.868. The van der Waals surface area contributed by atoms with Crippen molar-refractivity contribution in [2.75, 3.05) is 0 Å². The quantitative estimate of drug-likeness (QED) is 0.911. The minimum absolute atomic E-state index is 0.430. The number of hydrogen-bond acceptors (Lipinski definition) is 4. The molecule has 7 heteroatoms. The van der Waals surface area contributed by atoms with Gasteiger partial charge in [-0.25, -0.2) is 4.68 Å². The Morgan fingerprint density at radius 1 is 1.53 bits per heavy atom. The number of halogens is 2. The molecule has 0 radical (unpaired) electrons. The predicted molar refractivity (Wildman–Crippen MR) is 59.2 cm³/mol. The van der Waals surface area contributed by atoms with Crippen molar-refractivity contribution in [3.05, 3.63) is 32.9 Å². The van der Waals surface area contributed by atoms with Crippen molar-refractivity contribution in [3.63, 3.8) is 0 Å². The van der Waals surface area contributed by atoms with Gasteiger partial charge in [-0.05, 0) is 37.9 Å². The van der Waals surface area contributed by atoms with Crippen LogP contribution in [0.25, 0.3) is 0 Å². The summed E-state index contributed by atoms with van der Waals surface area (Å²) in [5, 5.41) is 17.4. The first-order chi connectivity index (χ1) is 7.09. The van der Waals surface area contributed by atoms with Crippen LogP contribution in [0.3, 0.4) is 0 Å². The van der Waals surface area contributed by atoms with Crippen molar-refractivity contribution in [2.24, 2.45) is 7.05 Å². The van der Waals surface area contributed by atoms with Crippen LogP contribution < -0.4 is 0 Å². The molecule has 1 unspecified atom stereocenters. The molecule has 0 bridgehead atoms. The standard InChI is InChI=1S/C8H7Br2N3O2/c1-13-5(3-11-12-13)7(14)6-2-4(9)8(10)15-6/h2-3,7,14H,1H3. The van der Waals surface area contributed by atoms with E-state index in [0.29, 0.717) is 16.1 Å². The van der Waals surface area contributed by atoms with Crippen LogP contribution in [0, 0.1) is 0 Å². The highest BCUT2D eigenvalue weighted by atomic mass is 79.9. The number of furan rings is 1. The summed E-state index contributed by atoms with van der Waals surface area (Å²) in [5.41, 5.74) is 0.573. The van der Waals surface area contributed by atoms with E-state index >= 15 is 0 Å². The Morgan fingerprint density at radius 2 is 2.27 bits per heavy atom. The van der Waals surface area contributed by atoms with Gasteiger partial charge in [-0.2, -0.15) is 0 Å². The average Bonchev–Trinajstić information content (AvgIpc) is 2.74. The molecule has 2 aromatic rings. The fraction of sp³-hybridized carbons (Fsp3) is 0.250. The molecular formula is C8H7Br2N3O2. The third kappa shape index (κ3) is 1.99. The van der Waals surface area contributed by atoms with Crippen LogP contribution in [0.5, 0.6) is 0 Å². The van der Waals surface area contributed by atoms with Gasteiger partial charge < -0.3 is 9.52 Å². The smallest absolute Gasteiger partial charge is 0.183 e. The second kappa shape index (κ2) is 4.07. The number of hydrogen-bond donors (Lipinski definition) is 1. The van der Waals surface area contributed by atoms with E-state index in [1.54, 1.807) is 13.1 Å². The topological polar surface area (TPSA) is 64.1 Å². The van der Waals surface area contributed by atoms with E-state index in [1.807, 2.05) is 0 Å². The molecule has 0 saturated heterocycles. The molecule has 0 aromatic carbocycles. The Morgan fingerprint density at radius 3 is 2.73 bits per heavy atom. The summed E-state index contributed by atoms with van der Waals surface area (Å²) < 4.78 is 8.10. The number of aliphatic hydroxyl groups excluding tert-OH is 1. The molecule has 0 fully saturated rings. The number of aromatic nitrogens is 3. The number of rotatable bonds is 2. The van der Waals surface area contributed by atoms with Gasteiger partial charge >= 0.3 is 0 Å². The molecule has 0 aliphatic heterocycles. The molecule has 2 aromatic heterocycles. The van der Waals surface area contributed by atoms with E-state index in [0.717, 1.165) is 4.47 Å². The molecule has 0 aliphatic carbocycles. The van der Waals surface area contributed by atoms with Crippen molar-refractivity contribution < 1.29 is 9.52 Å². The maximum atomic E-state index is 9.96. The summed E-state index contributed by atoms with van der Waals surface area (Å²) in [7, 11) is 1.71. The van der Waals surface area contributed by atoms with Crippen LogP contribution in [0.2, 0.25) is 0 Å². The molecule has 5 nitrogen and oxygen atoms in total. The van der Waals surface area contributed by atoms with Crippen molar-refractivity contribution >= 4 is 31.9 Å². The summed E-state index contributed by atoms with van der Waals surface area (Å²) in [4.78, 5) is 0. The maximum Gasteiger partial charge on any atom is 0.183 e. The fourth-order valence-corrected chi connectivity index (χ4v) is 1.80. The summed E-state index contributed by atoms with van der Waals surface area (Å²) in [6.07, 6.45) is 0.627. The van der Waals surface area contributed by atoms with E-state index < -0.39 is 6.10 Å². The predicted octanol–water partition coefficient (Wildman–Crippen LogP) is 2.01. The van der Waals surface area contributed by atoms with E-state index in [9.17, 15) is 5.11 Å². The van der Waals surface area contributed by atoms with Crippen LogP contribution in [0.1, 0.15) is 17.6 Å². The van der Waals surface area contributed by atoms with Crippen LogP contribution >= 0.6 is 31.9 Å². The molecule has 0 aliphatic rings. The first-order valence-electron chi connectivity index (χ1n) is 4.07. The Bertz CT molecular complexity index is 460. The zero-order valence-electron chi connectivity index (χ0n) is 7.69. The lowest BCUT2D eigenvalue weighted by Crippen LogP contribution is -2.05. The highest BCUT2D eigenvalue weighted by Crippen LogP contribution is 2.31. The average molecular weight is 337 g/mol. The van der Waals surface area contributed by atoms with Crippen molar-refractivity contribution in [1.29, 1.82) is 0 Å². The monoisotopic (exact) mass is 335 g/mol. The van der Waals surface area contributed by atoms with Crippen LogP contribution in [0.4, 0.5) is 0 Å². The lowest BCUT2D eigenvalue weighted by atomic mass is 10.2. The van der Waals surface area contributed by atoms with E-state index in [1.165, 1.54) is 10.9 Å². The van der Waals surface area contributed by atoms with Crippen LogP contribution in [-0.4, -0.2) is 20.1 Å². The second-order valence-electron chi connectivity index (χ2n) is 2.96. The molecular weight excluding hydrogens is 330 g/mol. The molecule has 0 amide bonds. The molecule has 2 rings (SSSR count). The van der Waals surface area contributed by atoms with Gasteiger partial charge in [0.2, 0.25) is 0 Å². The first kappa shape index (κ1) is 10.8. The van der Waals surface area contributed by atoms with Gasteiger partial charge in [0, 0.05) is 7.05 Å². The van der Waals surface area contributed by atoms with Crippen LogP contribution in [-0.2, 0) is 7.05 Å². The lowest BCUT2D eigenvalue weighted by molar-refractivity contribution is 0.178. The van der Waals surface area contributed by atoms with Gasteiger partial charge in [-0.3, -0.25) is 0 Å². The van der Waals surface area contributed by atoms with Gasteiger partial charge in [-0.1, -0.05) is 5.21 Å². The number of nitrogens with zero attached hydrogens (tertiary/aromatic N) is 3. The third-order valence-electron chi connectivity index (χ3n) is 1.96. The molecule has 1 N–H and O–H groups in total. The van der Waals surface area contributed by atoms with E-state index in [-0.39, 0.29) is 0 Å². The van der Waals surface area contributed by atoms with Gasteiger partial charge in [0.05, 0.1) is 16.4 Å². The van der Waals surface area contributed by atoms with Crippen molar-refractivity contribution in [3.8, 4) is 0 Å². The Labute approximate surface area is 102 Å². The summed E-state index contributed by atoms with van der Waals surface area (Å²) in [6, 6.07) is 1.70. The maximum absolute atomic E-state index is 9.96. The van der Waals surface area contributed by atoms with E-state index in [4.69, 9.17) is 4.42 Å². The minimum Gasteiger partial charge on any atom is -0.450 e. The van der Waals surface area contributed by atoms with E-state index in [2.05, 4.69) is 42.2 Å². The Kier molecular flexibility index (Phi) is 2.94. The number of aliphatic hydroxyl groups is 1. The summed E-state index contributed by atoms with van der Waals surface area (Å²) >= 11 is 6.48. The molecule has 0 saturated carbocycles. The van der Waals surface area contributed by atoms with Gasteiger partial charge in [-0.15, -0.1) is 5.10 Å². The Balaban J connectivity index is 2.36. The van der Waals surface area contributed by atoms with Gasteiger partial charge in [0.1, 0.15) is 5.76 Å². The molecule has 15 heavy (non-hydrogen) atoms. The lowest BCUT2D eigenvalue weighted by Gasteiger charge is -2.05. The van der Waals surface area contributed by atoms with Crippen LogP contribution in [0.15, 0.2) is 25.8 Å². The summed E-state index contributed by atoms with van der Waals surface area (Å²) in [5.74, 6) is 0.430. The zero-order valence-corrected chi connectivity index (χ0v) is 10.9. The largest absolute Gasteiger partial charge is 0.450 e. The molecule has 0 spiro atoms.